The number of phenols is 3. The van der Waals surface area contributed by atoms with Crippen LogP contribution in [-0.2, 0) is 38.2 Å². The first-order valence-corrected chi connectivity index (χ1v) is 25.0. The van der Waals surface area contributed by atoms with Crippen molar-refractivity contribution < 1.29 is 73.2 Å². The van der Waals surface area contributed by atoms with Gasteiger partial charge in [-0.25, -0.2) is 0 Å². The Morgan fingerprint density at radius 3 is 2.20 bits per heavy atom. The molecule has 74 heavy (non-hydrogen) atoms. The van der Waals surface area contributed by atoms with E-state index in [-0.39, 0.29) is 75.6 Å². The molecule has 1 amide bonds. The van der Waals surface area contributed by atoms with Gasteiger partial charge in [-0.1, -0.05) is 73.3 Å². The molecule has 6 N–H and O–H groups in total. The van der Waals surface area contributed by atoms with Gasteiger partial charge in [-0.05, 0) is 31.8 Å². The summed E-state index contributed by atoms with van der Waals surface area (Å²) in [4.78, 5) is 78.0. The molecule has 1 saturated heterocycles. The van der Waals surface area contributed by atoms with Crippen molar-refractivity contribution >= 4 is 58.7 Å². The number of benzene rings is 2. The van der Waals surface area contributed by atoms with Crippen molar-refractivity contribution in [3.63, 3.8) is 0 Å². The van der Waals surface area contributed by atoms with Crippen LogP contribution in [0.15, 0.2) is 53.6 Å². The number of anilines is 1. The number of phenolic OH excluding ortho intramolecular Hbond substituents is 3. The molecule has 0 saturated carbocycles. The van der Waals surface area contributed by atoms with Gasteiger partial charge in [-0.15, -0.1) is 0 Å². The lowest BCUT2D eigenvalue weighted by Gasteiger charge is -2.37. The van der Waals surface area contributed by atoms with Crippen LogP contribution in [0.25, 0.3) is 10.8 Å². The number of hydrogen-bond donors (Lipinski definition) is 6. The number of carbonyl (C=O) groups excluding carboxylic acids is 6. The Labute approximate surface area is 432 Å². The van der Waals surface area contributed by atoms with E-state index in [4.69, 9.17) is 18.9 Å². The molecule has 6 rings (SSSR count). The van der Waals surface area contributed by atoms with Crippen LogP contribution in [0.1, 0.15) is 104 Å². The summed E-state index contributed by atoms with van der Waals surface area (Å²) in [6.45, 7) is 24.5. The minimum absolute atomic E-state index is 0.0352. The van der Waals surface area contributed by atoms with Gasteiger partial charge in [0.15, 0.2) is 5.75 Å². The Kier molecular flexibility index (Phi) is 19.1. The molecule has 0 spiro atoms. The summed E-state index contributed by atoms with van der Waals surface area (Å²) in [5, 5.41) is 67.5. The Morgan fingerprint density at radius 1 is 0.932 bits per heavy atom. The van der Waals surface area contributed by atoms with Crippen LogP contribution in [0.2, 0.25) is 0 Å². The molecule has 9 atom stereocenters. The normalized spacial score (nSPS) is 28.0. The number of amides is 1. The highest BCUT2D eigenvalue weighted by atomic mass is 16.7. The summed E-state index contributed by atoms with van der Waals surface area (Å²) in [6.07, 6.45) is 6.81. The van der Waals surface area contributed by atoms with Gasteiger partial charge in [0.25, 0.3) is 11.7 Å². The SMILES string of the molecule is C=C(CC(C)(C)C(=O)CC(C=O)C=O)OCCN1CCN(/N=C/c2c3c(O)c4c(O)c(C)c5c(c4c2O)C(=O)[C@@](C)(O/C=C/[C@H](C)[C@@H](C)[C@@H](OC(C)=O)[C@H](C)[C@H](O)[C@H](C)[C@@H](O)[C@@H](C)/C=C/C=C(/C)C(=O)N3)O5)CC1. The van der Waals surface area contributed by atoms with E-state index in [9.17, 15) is 54.3 Å². The number of nitrogens with zero attached hydrogens (tertiary/aromatic N) is 3. The zero-order valence-corrected chi connectivity index (χ0v) is 44.3. The molecule has 2 aromatic carbocycles. The molecule has 4 aliphatic heterocycles. The first-order chi connectivity index (χ1) is 34.7. The number of esters is 1. The van der Waals surface area contributed by atoms with Crippen molar-refractivity contribution in [2.45, 2.75) is 113 Å². The standard InChI is InChI=1S/C55H74N4O15/c1-29-16-22-72-55(12)52(69)43-41-42(47(66)36(8)51(43)74-55)49(68)44(57-53(70)31(3)15-13-14-30(2)45(64)34(6)46(65)35(7)50(33(29)5)73-37(9)62)39(48(41)67)26-56-59-19-17-58(18-20-59)21-23-71-32(4)25-54(10,11)40(63)24-38(27-60)28-61/h13-16,22,26-30,33-35,38,45-46,50,64-68H,4,17-21,23-25H2,1-3,5-12H3,(H,57,70)/b14-13+,22-16+,31-15-,56-26+/t29-,30-,33+,34+,35+,45-,46+,50+,55-/m0/s1. The molecule has 0 unspecified atom stereocenters. The molecular formula is C55H74N4O15. The summed E-state index contributed by atoms with van der Waals surface area (Å²) in [6, 6.07) is 0. The topological polar surface area (TPSA) is 271 Å². The van der Waals surface area contributed by atoms with E-state index < -0.39 is 94.0 Å². The fraction of sp³-hybridized carbons (Fsp3) is 0.545. The molecule has 19 heteroatoms. The van der Waals surface area contributed by atoms with Crippen molar-refractivity contribution in [3.8, 4) is 23.0 Å². The van der Waals surface area contributed by atoms with E-state index in [1.807, 2.05) is 13.8 Å². The molecule has 0 radical (unpaired) electrons. The van der Waals surface area contributed by atoms with Crippen LogP contribution in [0.3, 0.4) is 0 Å². The number of fused-ring (bicyclic) bond motifs is 14. The minimum Gasteiger partial charge on any atom is -0.507 e. The molecule has 4 aliphatic rings. The average Bonchev–Trinajstić information content (AvgIpc) is 3.62. The van der Waals surface area contributed by atoms with Crippen LogP contribution in [0.5, 0.6) is 23.0 Å². The van der Waals surface area contributed by atoms with Gasteiger partial charge >= 0.3 is 11.8 Å². The Bertz CT molecular complexity index is 2600. The Balaban J connectivity index is 1.48. The maximum Gasteiger partial charge on any atom is 0.312 e. The quantitative estimate of drug-likeness (QED) is 0.0232. The largest absolute Gasteiger partial charge is 0.507 e. The number of ether oxygens (including phenoxy) is 4. The molecular weight excluding hydrogens is 957 g/mol. The zero-order chi connectivity index (χ0) is 55.1. The molecule has 0 aliphatic carbocycles. The van der Waals surface area contributed by atoms with Crippen molar-refractivity contribution in [2.75, 3.05) is 44.6 Å². The van der Waals surface area contributed by atoms with Gasteiger partial charge in [0.2, 0.25) is 0 Å². The summed E-state index contributed by atoms with van der Waals surface area (Å²) < 4.78 is 23.8. The van der Waals surface area contributed by atoms with Crippen molar-refractivity contribution in [1.29, 1.82) is 0 Å². The molecule has 1 fully saturated rings. The summed E-state index contributed by atoms with van der Waals surface area (Å²) >= 11 is 0. The number of aromatic hydroxyl groups is 3. The highest BCUT2D eigenvalue weighted by Crippen LogP contribution is 2.55. The minimum atomic E-state index is -2.05. The van der Waals surface area contributed by atoms with E-state index in [1.165, 1.54) is 46.2 Å². The second-order valence-corrected chi connectivity index (χ2v) is 20.8. The highest BCUT2D eigenvalue weighted by molar-refractivity contribution is 6.24. The van der Waals surface area contributed by atoms with Gasteiger partial charge in [0, 0.05) is 99.1 Å². The van der Waals surface area contributed by atoms with Gasteiger partial charge in [0.05, 0.1) is 58.6 Å². The summed E-state index contributed by atoms with van der Waals surface area (Å²) in [7, 11) is 0. The number of allylic oxidation sites excluding steroid dienone is 4. The molecule has 2 aromatic rings. The molecule has 404 valence electrons. The Hall–Kier alpha value is -6.57. The molecule has 4 heterocycles. The maximum absolute atomic E-state index is 14.6. The van der Waals surface area contributed by atoms with E-state index in [2.05, 4.69) is 21.9 Å². The fourth-order valence-electron chi connectivity index (χ4n) is 9.53. The highest BCUT2D eigenvalue weighted by Gasteiger charge is 2.50. The van der Waals surface area contributed by atoms with Crippen molar-refractivity contribution in [2.24, 2.45) is 46.0 Å². The number of aliphatic hydroxyl groups excluding tert-OH is 2. The first-order valence-electron chi connectivity index (χ1n) is 25.0. The van der Waals surface area contributed by atoms with Crippen LogP contribution in [0, 0.1) is 47.8 Å². The van der Waals surface area contributed by atoms with Gasteiger partial charge in [-0.2, -0.15) is 5.10 Å². The Morgan fingerprint density at radius 2 is 1.58 bits per heavy atom. The second-order valence-electron chi connectivity index (χ2n) is 20.8. The lowest BCUT2D eigenvalue weighted by molar-refractivity contribution is -0.158. The molecule has 19 nitrogen and oxygen atoms in total. The third-order valence-corrected chi connectivity index (χ3v) is 14.8. The number of piperazine rings is 1. The predicted molar refractivity (Wildman–Crippen MR) is 277 cm³/mol. The monoisotopic (exact) mass is 1030 g/mol. The second kappa shape index (κ2) is 24.2. The van der Waals surface area contributed by atoms with Gasteiger partial charge in [0.1, 0.15) is 48.3 Å². The summed E-state index contributed by atoms with van der Waals surface area (Å²) in [5.41, 5.74) is -1.44. The van der Waals surface area contributed by atoms with E-state index in [1.54, 1.807) is 57.9 Å². The number of nitrogens with one attached hydrogen (secondary N) is 1. The van der Waals surface area contributed by atoms with Crippen LogP contribution < -0.4 is 10.1 Å². The lowest BCUT2D eigenvalue weighted by atomic mass is 9.77. The average molecular weight is 1030 g/mol. The van der Waals surface area contributed by atoms with Gasteiger partial charge in [-0.3, -0.25) is 29.1 Å². The number of rotatable bonds is 14. The molecule has 0 aromatic heterocycles. The third-order valence-electron chi connectivity index (χ3n) is 14.8. The summed E-state index contributed by atoms with van der Waals surface area (Å²) in [5.74, 6) is -9.56. The van der Waals surface area contributed by atoms with Crippen LogP contribution >= 0.6 is 0 Å². The number of Topliss-reactive ketones (excluding diaryl/α,β-unsaturated/α-hetero) is 2. The molecule has 5 bridgehead atoms. The number of carbonyl (C=O) groups is 6. The fourth-order valence-corrected chi connectivity index (χ4v) is 9.53. The van der Waals surface area contributed by atoms with E-state index in [0.29, 0.717) is 51.1 Å². The number of aliphatic hydroxyl groups is 2. The van der Waals surface area contributed by atoms with Crippen molar-refractivity contribution in [1.82, 2.24) is 9.91 Å². The zero-order valence-electron chi connectivity index (χ0n) is 44.3. The van der Waals surface area contributed by atoms with Crippen LogP contribution in [0.4, 0.5) is 5.69 Å². The number of ketones is 2. The smallest absolute Gasteiger partial charge is 0.312 e. The maximum atomic E-state index is 14.6. The van der Waals surface area contributed by atoms with E-state index in [0.717, 1.165) is 0 Å². The van der Waals surface area contributed by atoms with Crippen LogP contribution in [-0.4, -0.2) is 141 Å². The van der Waals surface area contributed by atoms with Gasteiger partial charge < -0.3 is 59.4 Å². The number of aldehydes is 2. The number of hydrazone groups is 1. The third kappa shape index (κ3) is 12.8. The van der Waals surface area contributed by atoms with Crippen molar-refractivity contribution in [3.05, 3.63) is 65.2 Å². The first kappa shape index (κ1) is 58.3. The predicted octanol–water partition coefficient (Wildman–Crippen LogP) is 6.25. The van der Waals surface area contributed by atoms with E-state index >= 15 is 0 Å². The lowest BCUT2D eigenvalue weighted by Crippen LogP contribution is -2.45. The number of hydrogen-bond acceptors (Lipinski definition) is 18.